The third kappa shape index (κ3) is 19.3. The van der Waals surface area contributed by atoms with Crippen LogP contribution < -0.4 is 4.90 Å². The number of para-hydroxylation sites is 1. The molecule has 0 radical (unpaired) electrons. The molecule has 0 N–H and O–H groups in total. The molecule has 17 aromatic rings. The van der Waals surface area contributed by atoms with Crippen molar-refractivity contribution in [3.8, 4) is 56.4 Å². The first-order chi connectivity index (χ1) is 59.9. The molecule has 20 rings (SSSR count). The van der Waals surface area contributed by atoms with E-state index in [4.69, 9.17) is 29.9 Å². The van der Waals surface area contributed by atoms with Crippen LogP contribution >= 0.6 is 0 Å². The summed E-state index contributed by atoms with van der Waals surface area (Å²) < 4.78 is 3.60. The molecule has 11 nitrogen and oxygen atoms in total. The molecule has 9 aromatic carbocycles. The number of hydrogen-bond acceptors (Lipinski definition) is 9. The Bertz CT molecular complexity index is 5820. The van der Waals surface area contributed by atoms with Crippen molar-refractivity contribution in [2.45, 2.75) is 154 Å². The number of hydrogen-bond donors (Lipinski definition) is 0. The molecule has 3 aliphatic heterocycles. The Hall–Kier alpha value is -11.1. The van der Waals surface area contributed by atoms with Gasteiger partial charge in [-0.3, -0.25) is 19.3 Å². The SMILES string of the molecule is CC1(C)c2[c-]c(ccc2)-c2cccc(n2)C(C)(C)c2[c-]c(ccc2)-c2cccc1n2.CC1(C)c2[c-]c(ccc2)-c2cccc(n2)C(C)(C)c2cccc(n2)-c2[c-]c1ccc2.CC1(C)c2[c-]c(ccc2)C(C)(C)c2cccc(n2)C(C)(C)c2[c-]c(ccc2)C(C)(C)c2cccc1n2.[Pt+2].[Pt+2].[Pt+2].[Pt+2].[c-]1c(N(c2[c-]c(-n3cccn3)ccc2)c2ccccc2)cccc1-n1cccn1. The summed E-state index contributed by atoms with van der Waals surface area (Å²) in [5, 5.41) is 8.66. The molecule has 0 amide bonds. The van der Waals surface area contributed by atoms with E-state index in [0.717, 1.165) is 164 Å². The second kappa shape index (κ2) is 38.5. The van der Waals surface area contributed by atoms with Gasteiger partial charge in [0.1, 0.15) is 0 Å². The van der Waals surface area contributed by atoms with Crippen molar-refractivity contribution >= 4 is 17.1 Å². The van der Waals surface area contributed by atoms with E-state index in [2.05, 4.69) is 405 Å². The number of nitrogens with zero attached hydrogens (tertiary/aromatic N) is 11. The van der Waals surface area contributed by atoms with Crippen molar-refractivity contribution in [1.29, 1.82) is 0 Å². The molecular formula is C114H101N11Pt4. The van der Waals surface area contributed by atoms with Gasteiger partial charge in [0.15, 0.2) is 0 Å². The summed E-state index contributed by atoms with van der Waals surface area (Å²) in [6.45, 7) is 35.6. The quantitative estimate of drug-likeness (QED) is 0.155. The Morgan fingerprint density at radius 2 is 0.450 bits per heavy atom. The van der Waals surface area contributed by atoms with Crippen molar-refractivity contribution in [3.05, 3.63) is 461 Å². The van der Waals surface area contributed by atoms with Crippen molar-refractivity contribution in [1.82, 2.24) is 49.5 Å². The van der Waals surface area contributed by atoms with Crippen LogP contribution in [0.2, 0.25) is 0 Å². The summed E-state index contributed by atoms with van der Waals surface area (Å²) in [6, 6.07) is 131. The Morgan fingerprint density at radius 3 is 0.736 bits per heavy atom. The summed E-state index contributed by atoms with van der Waals surface area (Å²) in [6.07, 6.45) is 7.34. The molecule has 0 saturated heterocycles. The summed E-state index contributed by atoms with van der Waals surface area (Å²) in [5.41, 5.74) is 27.2. The molecule has 0 atom stereocenters. The molecule has 15 heteroatoms. The van der Waals surface area contributed by atoms with Gasteiger partial charge in [0.25, 0.3) is 0 Å². The molecule has 129 heavy (non-hydrogen) atoms. The molecule has 0 unspecified atom stereocenters. The van der Waals surface area contributed by atoms with E-state index in [1.807, 2.05) is 79.1 Å². The largest absolute Gasteiger partial charge is 2.00 e. The minimum Gasteiger partial charge on any atom is -0.358 e. The van der Waals surface area contributed by atoms with E-state index < -0.39 is 0 Å². The Morgan fingerprint density at radius 1 is 0.209 bits per heavy atom. The van der Waals surface area contributed by atoms with Crippen molar-refractivity contribution in [2.24, 2.45) is 0 Å². The van der Waals surface area contributed by atoms with E-state index >= 15 is 0 Å². The van der Waals surface area contributed by atoms with Crippen LogP contribution in [0.25, 0.3) is 56.4 Å². The van der Waals surface area contributed by atoms with Crippen LogP contribution in [0.3, 0.4) is 0 Å². The minimum absolute atomic E-state index is 0. The number of anilines is 3. The third-order valence-electron chi connectivity index (χ3n) is 25.4. The average Bonchev–Trinajstić information content (AvgIpc) is 1.45. The second-order valence-electron chi connectivity index (χ2n) is 36.7. The number of pyridine rings is 6. The zero-order valence-electron chi connectivity index (χ0n) is 75.3. The van der Waals surface area contributed by atoms with E-state index in [-0.39, 0.29) is 128 Å². The third-order valence-corrected chi connectivity index (χ3v) is 25.4. The van der Waals surface area contributed by atoms with Gasteiger partial charge < -0.3 is 24.8 Å². The number of benzene rings is 9. The maximum absolute atomic E-state index is 5.26. The molecule has 24 bridgehead atoms. The first-order valence-corrected chi connectivity index (χ1v) is 42.9. The van der Waals surface area contributed by atoms with Crippen molar-refractivity contribution in [2.75, 3.05) is 4.90 Å². The molecule has 0 aliphatic carbocycles. The predicted octanol–water partition coefficient (Wildman–Crippen LogP) is 25.6. The zero-order chi connectivity index (χ0) is 87.3. The fraction of sp³-hybridized carbons (Fsp3) is 0.211. The van der Waals surface area contributed by atoms with Gasteiger partial charge in [0, 0.05) is 114 Å². The summed E-state index contributed by atoms with van der Waals surface area (Å²) >= 11 is 0. The Balaban J connectivity index is 0.000000146. The standard InChI is InChI=1S/C34H36N2.2C28H24N2.C24H17N5.4Pt/c1-31(2)23-13-9-14-24(21-23)32(3,4)29-19-12-20-30(36-29)34(7,8)26-16-10-15-25(22-26)33(5,6)28-18-11-17-27(31)35-28;1-27(2)21-11-5-9-19(17-21)24-14-8-16-26(30-24)28(3,4)22-12-6-10-20(18-22)23-13-7-15-25(27)29-23;1-27(2)21-11-5-9-19(17-21)23-13-7-15-25(29-23)28(3,4)26-16-8-14-24(30-26)20-10-6-12-22(27)18-20;1-2-8-20(9-3-1)29(23-12-4-10-21(18-23)27-16-6-14-25-27)24-13-5-11-22(19-24)28-17-7-15-26-28;;;;/h9-20H,1-8H3;2*5-16H,1-4H3;1-17H;;;;/q4*-2;4*+2. The fourth-order valence-electron chi connectivity index (χ4n) is 16.7. The maximum atomic E-state index is 5.26. The van der Waals surface area contributed by atoms with Gasteiger partial charge in [-0.2, -0.15) is 93.1 Å². The van der Waals surface area contributed by atoms with Gasteiger partial charge in [0.05, 0.1) is 0 Å². The van der Waals surface area contributed by atoms with Crippen LogP contribution in [0.4, 0.5) is 17.1 Å². The molecule has 3 aliphatic rings. The van der Waals surface area contributed by atoms with Gasteiger partial charge in [-0.05, 0) is 126 Å². The van der Waals surface area contributed by atoms with Crippen LogP contribution in [-0.4, -0.2) is 49.5 Å². The number of rotatable bonds is 5. The Kier molecular flexibility index (Phi) is 28.5. The van der Waals surface area contributed by atoms with E-state index in [0.29, 0.717) is 0 Å². The van der Waals surface area contributed by atoms with E-state index in [9.17, 15) is 0 Å². The summed E-state index contributed by atoms with van der Waals surface area (Å²) in [4.78, 5) is 32.8. The number of aromatic nitrogens is 10. The molecule has 0 saturated carbocycles. The van der Waals surface area contributed by atoms with Crippen molar-refractivity contribution in [3.63, 3.8) is 0 Å². The topological polar surface area (TPSA) is 116 Å². The molecule has 11 heterocycles. The molecule has 0 spiro atoms. The Labute approximate surface area is 819 Å². The van der Waals surface area contributed by atoms with Crippen molar-refractivity contribution < 1.29 is 84.3 Å². The van der Waals surface area contributed by atoms with E-state index in [1.54, 1.807) is 21.8 Å². The molecular weight excluding hydrogens is 2300 g/mol. The van der Waals surface area contributed by atoms with Gasteiger partial charge in [0.2, 0.25) is 0 Å². The fourth-order valence-corrected chi connectivity index (χ4v) is 16.7. The first-order valence-electron chi connectivity index (χ1n) is 42.9. The van der Waals surface area contributed by atoms with Gasteiger partial charge in [-0.1, -0.05) is 187 Å². The average molecular weight is 2410 g/mol. The molecule has 652 valence electrons. The van der Waals surface area contributed by atoms with Crippen LogP contribution in [-0.2, 0) is 128 Å². The maximum Gasteiger partial charge on any atom is 2.00 e. The zero-order valence-corrected chi connectivity index (χ0v) is 84.4. The van der Waals surface area contributed by atoms with Gasteiger partial charge >= 0.3 is 84.3 Å². The van der Waals surface area contributed by atoms with Crippen LogP contribution in [0.5, 0.6) is 0 Å². The van der Waals surface area contributed by atoms with Gasteiger partial charge in [-0.25, -0.2) is 0 Å². The van der Waals surface area contributed by atoms with Crippen LogP contribution in [0, 0.1) is 48.5 Å². The monoisotopic (exact) mass is 2400 g/mol. The van der Waals surface area contributed by atoms with E-state index in [1.165, 1.54) is 0 Å². The second-order valence-corrected chi connectivity index (χ2v) is 36.7. The molecule has 0 fully saturated rings. The normalized spacial score (nSPS) is 15.1. The van der Waals surface area contributed by atoms with Crippen LogP contribution in [0.15, 0.2) is 322 Å². The minimum atomic E-state index is -0.329. The number of fused-ring (bicyclic) bond motifs is 28. The predicted molar refractivity (Wildman–Crippen MR) is 503 cm³/mol. The van der Waals surface area contributed by atoms with Crippen LogP contribution in [0.1, 0.15) is 201 Å². The summed E-state index contributed by atoms with van der Waals surface area (Å²) in [5.74, 6) is 0. The molecule has 8 aromatic heterocycles. The summed E-state index contributed by atoms with van der Waals surface area (Å²) in [7, 11) is 0. The van der Waals surface area contributed by atoms with Gasteiger partial charge in [-0.15, -0.1) is 178 Å². The smallest absolute Gasteiger partial charge is 0.358 e. The first kappa shape index (κ1) is 95.4.